The van der Waals surface area contributed by atoms with Gasteiger partial charge in [-0.25, -0.2) is 0 Å². The van der Waals surface area contributed by atoms with Gasteiger partial charge in [0, 0.05) is 31.6 Å². The van der Waals surface area contributed by atoms with E-state index in [1.807, 2.05) is 0 Å². The second-order valence-electron chi connectivity index (χ2n) is 4.53. The molecule has 1 unspecified atom stereocenters. The second kappa shape index (κ2) is 13.7. The Labute approximate surface area is 114 Å². The van der Waals surface area contributed by atoms with Gasteiger partial charge in [-0.2, -0.15) is 0 Å². The molecule has 0 spiro atoms. The predicted molar refractivity (Wildman–Crippen MR) is 80.8 cm³/mol. The fourth-order valence-electron chi connectivity index (χ4n) is 1.51. The fourth-order valence-corrected chi connectivity index (χ4v) is 1.51. The topological polar surface area (TPSA) is 0 Å². The van der Waals surface area contributed by atoms with Crippen LogP contribution in [-0.2, 0) is 0 Å². The van der Waals surface area contributed by atoms with Crippen LogP contribution in [0, 0.1) is 41.9 Å². The molecular weight excluding hydrogens is 216 g/mol. The molecule has 0 amide bonds. The van der Waals surface area contributed by atoms with Crippen molar-refractivity contribution in [1.29, 1.82) is 0 Å². The highest BCUT2D eigenvalue weighted by atomic mass is 14.0. The van der Waals surface area contributed by atoms with E-state index >= 15 is 0 Å². The molecule has 0 aromatic rings. The lowest BCUT2D eigenvalue weighted by molar-refractivity contribution is 0.640. The van der Waals surface area contributed by atoms with E-state index in [9.17, 15) is 0 Å². The molecule has 0 saturated heterocycles. The van der Waals surface area contributed by atoms with Crippen molar-refractivity contribution in [3.8, 4) is 36.0 Å². The van der Waals surface area contributed by atoms with Gasteiger partial charge in [0.25, 0.3) is 0 Å². The number of hydrogen-bond acceptors (Lipinski definition) is 0. The molecule has 0 fully saturated rings. The Bertz CT molecular complexity index is 334. The average Bonchev–Trinajstić information content (AvgIpc) is 2.39. The summed E-state index contributed by atoms with van der Waals surface area (Å²) in [6.07, 6.45) is 14.8. The first-order valence-electron chi connectivity index (χ1n) is 7.22. The average molecular weight is 242 g/mol. The van der Waals surface area contributed by atoms with Crippen molar-refractivity contribution >= 4 is 0 Å². The molecule has 18 heavy (non-hydrogen) atoms. The smallest absolute Gasteiger partial charge is 0.0321 e. The maximum atomic E-state index is 5.31. The maximum Gasteiger partial charge on any atom is 0.0321 e. The van der Waals surface area contributed by atoms with E-state index < -0.39 is 0 Å². The number of unbranched alkanes of at least 4 members (excludes halogenated alkanes) is 4. The molecule has 0 aliphatic rings. The molecule has 0 aliphatic heterocycles. The highest BCUT2D eigenvalue weighted by molar-refractivity contribution is 5.10. The molecule has 0 nitrogen and oxygen atoms in total. The van der Waals surface area contributed by atoms with Crippen molar-refractivity contribution in [2.45, 2.75) is 71.6 Å². The number of hydrogen-bond donors (Lipinski definition) is 0. The normalized spacial score (nSPS) is 10.5. The number of terminal acetylenes is 1. The van der Waals surface area contributed by atoms with Crippen LogP contribution in [0.2, 0.25) is 0 Å². The third kappa shape index (κ3) is 11.2. The van der Waals surface area contributed by atoms with E-state index in [1.54, 1.807) is 0 Å². The first-order chi connectivity index (χ1) is 8.85. The van der Waals surface area contributed by atoms with Crippen LogP contribution in [0.25, 0.3) is 0 Å². The maximum absolute atomic E-state index is 5.31. The summed E-state index contributed by atoms with van der Waals surface area (Å²) in [5, 5.41) is 0. The molecule has 0 aliphatic carbocycles. The Balaban J connectivity index is 4.07. The van der Waals surface area contributed by atoms with E-state index in [0.717, 1.165) is 32.1 Å². The van der Waals surface area contributed by atoms with Crippen LogP contribution >= 0.6 is 0 Å². The lowest BCUT2D eigenvalue weighted by Gasteiger charge is -2.03. The Hall–Kier alpha value is -1.32. The van der Waals surface area contributed by atoms with Gasteiger partial charge < -0.3 is 0 Å². The van der Waals surface area contributed by atoms with Gasteiger partial charge in [0.2, 0.25) is 0 Å². The Morgan fingerprint density at radius 1 is 0.889 bits per heavy atom. The minimum absolute atomic E-state index is 0.368. The summed E-state index contributed by atoms with van der Waals surface area (Å²) in [4.78, 5) is 0. The van der Waals surface area contributed by atoms with E-state index in [2.05, 4.69) is 43.4 Å². The fraction of sp³-hybridized carbons (Fsp3) is 0.667. The zero-order chi connectivity index (χ0) is 13.5. The molecule has 0 rings (SSSR count). The summed E-state index contributed by atoms with van der Waals surface area (Å²) < 4.78 is 0. The van der Waals surface area contributed by atoms with Crippen molar-refractivity contribution in [3.05, 3.63) is 0 Å². The first-order valence-corrected chi connectivity index (χ1v) is 7.22. The number of rotatable bonds is 7. The molecule has 0 heterocycles. The van der Waals surface area contributed by atoms with Gasteiger partial charge in [0.05, 0.1) is 0 Å². The molecule has 0 heteroatoms. The zero-order valence-corrected chi connectivity index (χ0v) is 12.0. The van der Waals surface area contributed by atoms with Crippen LogP contribution in [0.4, 0.5) is 0 Å². The standard InChI is InChI=1S/C18H26/c1-4-7-10-12-14-17-18(15-9-6-3)16-13-11-8-5-2/h3,18H,4-5,7-11,15,17H2,1-2H3. The summed E-state index contributed by atoms with van der Waals surface area (Å²) in [5.74, 6) is 16.1. The van der Waals surface area contributed by atoms with Crippen molar-refractivity contribution in [3.63, 3.8) is 0 Å². The summed E-state index contributed by atoms with van der Waals surface area (Å²) >= 11 is 0. The Kier molecular flexibility index (Phi) is 12.7. The minimum atomic E-state index is 0.368. The van der Waals surface area contributed by atoms with Crippen molar-refractivity contribution in [2.75, 3.05) is 0 Å². The largest absolute Gasteiger partial charge is 0.120 e. The van der Waals surface area contributed by atoms with Crippen LogP contribution in [0.3, 0.4) is 0 Å². The van der Waals surface area contributed by atoms with Crippen LogP contribution in [0.5, 0.6) is 0 Å². The predicted octanol–water partition coefficient (Wildman–Crippen LogP) is 4.79. The molecule has 0 bridgehead atoms. The second-order valence-corrected chi connectivity index (χ2v) is 4.53. The lowest BCUT2D eigenvalue weighted by Crippen LogP contribution is -1.95. The highest BCUT2D eigenvalue weighted by Gasteiger charge is 2.01. The zero-order valence-electron chi connectivity index (χ0n) is 12.0. The third-order valence-electron chi connectivity index (χ3n) is 2.73. The van der Waals surface area contributed by atoms with Gasteiger partial charge in [0.15, 0.2) is 0 Å². The monoisotopic (exact) mass is 242 g/mol. The molecular formula is C18H26. The summed E-state index contributed by atoms with van der Waals surface area (Å²) in [6.45, 7) is 4.38. The van der Waals surface area contributed by atoms with Gasteiger partial charge in [-0.05, 0) is 19.3 Å². The van der Waals surface area contributed by atoms with Crippen LogP contribution < -0.4 is 0 Å². The molecule has 0 saturated carbocycles. The van der Waals surface area contributed by atoms with Crippen molar-refractivity contribution < 1.29 is 0 Å². The van der Waals surface area contributed by atoms with E-state index in [-0.39, 0.29) is 0 Å². The lowest BCUT2D eigenvalue weighted by atomic mass is 10.00. The molecule has 0 N–H and O–H groups in total. The molecule has 0 aromatic carbocycles. The van der Waals surface area contributed by atoms with Gasteiger partial charge in [-0.1, -0.05) is 32.6 Å². The van der Waals surface area contributed by atoms with Gasteiger partial charge >= 0.3 is 0 Å². The quantitative estimate of drug-likeness (QED) is 0.444. The molecule has 0 aromatic heterocycles. The van der Waals surface area contributed by atoms with E-state index in [1.165, 1.54) is 25.7 Å². The minimum Gasteiger partial charge on any atom is -0.120 e. The van der Waals surface area contributed by atoms with Crippen molar-refractivity contribution in [2.24, 2.45) is 5.92 Å². The van der Waals surface area contributed by atoms with Crippen LogP contribution in [0.15, 0.2) is 0 Å². The molecule has 98 valence electrons. The molecule has 0 radical (unpaired) electrons. The van der Waals surface area contributed by atoms with Crippen LogP contribution in [-0.4, -0.2) is 0 Å². The van der Waals surface area contributed by atoms with Crippen molar-refractivity contribution in [1.82, 2.24) is 0 Å². The van der Waals surface area contributed by atoms with E-state index in [4.69, 9.17) is 6.42 Å². The Morgan fingerprint density at radius 2 is 1.56 bits per heavy atom. The Morgan fingerprint density at radius 3 is 2.17 bits per heavy atom. The molecule has 1 atom stereocenters. The van der Waals surface area contributed by atoms with Gasteiger partial charge in [0.1, 0.15) is 0 Å². The highest BCUT2D eigenvalue weighted by Crippen LogP contribution is 2.09. The van der Waals surface area contributed by atoms with E-state index in [0.29, 0.717) is 5.92 Å². The third-order valence-corrected chi connectivity index (χ3v) is 2.73. The van der Waals surface area contributed by atoms with Gasteiger partial charge in [-0.15, -0.1) is 30.1 Å². The first kappa shape index (κ1) is 16.7. The summed E-state index contributed by atoms with van der Waals surface area (Å²) in [7, 11) is 0. The summed E-state index contributed by atoms with van der Waals surface area (Å²) in [5.41, 5.74) is 0. The van der Waals surface area contributed by atoms with Crippen LogP contribution in [0.1, 0.15) is 71.6 Å². The summed E-state index contributed by atoms with van der Waals surface area (Å²) in [6, 6.07) is 0. The SMILES string of the molecule is C#CCCC(C#CCCCC)CC#CCCCC. The van der Waals surface area contributed by atoms with Gasteiger partial charge in [-0.3, -0.25) is 0 Å².